The molecule has 0 aliphatic heterocycles. The summed E-state index contributed by atoms with van der Waals surface area (Å²) in [5.74, 6) is 0. The van der Waals surface area contributed by atoms with E-state index in [1.807, 2.05) is 48.7 Å². The molecule has 2 rings (SSSR count). The second kappa shape index (κ2) is 6.02. The number of benzene rings is 1. The molecule has 18 heavy (non-hydrogen) atoms. The van der Waals surface area contributed by atoms with Gasteiger partial charge in [-0.3, -0.25) is 0 Å². The van der Waals surface area contributed by atoms with Crippen LogP contribution < -0.4 is 10.6 Å². The Morgan fingerprint density at radius 3 is 2.61 bits per heavy atom. The first-order chi connectivity index (χ1) is 8.65. The van der Waals surface area contributed by atoms with Crippen LogP contribution in [0, 0.1) is 0 Å². The summed E-state index contributed by atoms with van der Waals surface area (Å²) in [4.78, 5) is 12.9. The van der Waals surface area contributed by atoms with Gasteiger partial charge in [0.1, 0.15) is 0 Å². The van der Waals surface area contributed by atoms with Crippen molar-refractivity contribution in [1.82, 2.24) is 5.32 Å². The number of hydrogen-bond acceptors (Lipinski definition) is 2. The molecule has 3 nitrogen and oxygen atoms in total. The second-order valence-corrected chi connectivity index (χ2v) is 5.74. The number of urea groups is 1. The van der Waals surface area contributed by atoms with Crippen LogP contribution >= 0.6 is 27.3 Å². The van der Waals surface area contributed by atoms with E-state index >= 15 is 0 Å². The van der Waals surface area contributed by atoms with Crippen molar-refractivity contribution in [1.29, 1.82) is 0 Å². The van der Waals surface area contributed by atoms with Gasteiger partial charge in [-0.15, -0.1) is 11.3 Å². The van der Waals surface area contributed by atoms with Crippen LogP contribution in [0.1, 0.15) is 17.8 Å². The zero-order valence-corrected chi connectivity index (χ0v) is 12.2. The maximum atomic E-state index is 11.8. The molecule has 0 saturated carbocycles. The highest BCUT2D eigenvalue weighted by molar-refractivity contribution is 9.10. The van der Waals surface area contributed by atoms with E-state index in [-0.39, 0.29) is 12.1 Å². The largest absolute Gasteiger partial charge is 0.331 e. The summed E-state index contributed by atoms with van der Waals surface area (Å²) >= 11 is 4.98. The van der Waals surface area contributed by atoms with E-state index in [4.69, 9.17) is 0 Å². The van der Waals surface area contributed by atoms with Gasteiger partial charge in [0.2, 0.25) is 0 Å². The molecule has 0 radical (unpaired) electrons. The number of hydrogen-bond donors (Lipinski definition) is 2. The zero-order valence-electron chi connectivity index (χ0n) is 9.81. The minimum atomic E-state index is -0.196. The lowest BCUT2D eigenvalue weighted by Gasteiger charge is -2.13. The van der Waals surface area contributed by atoms with Crippen LogP contribution in [-0.4, -0.2) is 6.03 Å². The van der Waals surface area contributed by atoms with Gasteiger partial charge in [0.25, 0.3) is 0 Å². The Kier molecular flexibility index (Phi) is 4.38. The molecule has 1 atom stereocenters. The fraction of sp³-hybridized carbons (Fsp3) is 0.154. The standard InChI is InChI=1S/C13H13BrN2OS/c1-9(12-3-2-8-18-12)15-13(17)16-11-6-4-10(14)5-7-11/h2-9H,1H3,(H2,15,16,17). The number of nitrogens with one attached hydrogen (secondary N) is 2. The van der Waals surface area contributed by atoms with Crippen molar-refractivity contribution >= 4 is 39.0 Å². The molecule has 94 valence electrons. The van der Waals surface area contributed by atoms with Gasteiger partial charge in [0.15, 0.2) is 0 Å². The van der Waals surface area contributed by atoms with Crippen molar-refractivity contribution in [2.24, 2.45) is 0 Å². The predicted molar refractivity (Wildman–Crippen MR) is 79.0 cm³/mol. The topological polar surface area (TPSA) is 41.1 Å². The van der Waals surface area contributed by atoms with Crippen LogP contribution in [0.25, 0.3) is 0 Å². The van der Waals surface area contributed by atoms with Gasteiger partial charge in [-0.25, -0.2) is 4.79 Å². The molecule has 0 aliphatic carbocycles. The summed E-state index contributed by atoms with van der Waals surface area (Å²) in [5.41, 5.74) is 0.772. The molecule has 0 bridgehead atoms. The molecular weight excluding hydrogens is 312 g/mol. The molecule has 1 heterocycles. The van der Waals surface area contributed by atoms with Crippen LogP contribution in [0.3, 0.4) is 0 Å². The Morgan fingerprint density at radius 1 is 1.28 bits per heavy atom. The second-order valence-electron chi connectivity index (χ2n) is 3.84. The Hall–Kier alpha value is -1.33. The lowest BCUT2D eigenvalue weighted by atomic mass is 10.3. The molecule has 2 aromatic rings. The average Bonchev–Trinajstić information content (AvgIpc) is 2.85. The zero-order chi connectivity index (χ0) is 13.0. The van der Waals surface area contributed by atoms with Crippen LogP contribution in [-0.2, 0) is 0 Å². The van der Waals surface area contributed by atoms with Crippen molar-refractivity contribution < 1.29 is 4.79 Å². The summed E-state index contributed by atoms with van der Waals surface area (Å²) < 4.78 is 0.986. The minimum Gasteiger partial charge on any atom is -0.331 e. The van der Waals surface area contributed by atoms with Gasteiger partial charge >= 0.3 is 6.03 Å². The van der Waals surface area contributed by atoms with E-state index in [0.717, 1.165) is 15.0 Å². The van der Waals surface area contributed by atoms with Crippen molar-refractivity contribution in [2.75, 3.05) is 5.32 Å². The summed E-state index contributed by atoms with van der Waals surface area (Å²) in [6.45, 7) is 1.97. The number of rotatable bonds is 3. The number of amides is 2. The summed E-state index contributed by atoms with van der Waals surface area (Å²) in [6, 6.07) is 11.3. The Morgan fingerprint density at radius 2 is 2.00 bits per heavy atom. The van der Waals surface area contributed by atoms with E-state index in [9.17, 15) is 4.79 Å². The van der Waals surface area contributed by atoms with Gasteiger partial charge in [-0.2, -0.15) is 0 Å². The fourth-order valence-electron chi connectivity index (χ4n) is 1.51. The summed E-state index contributed by atoms with van der Waals surface area (Å²) in [6.07, 6.45) is 0. The third kappa shape index (κ3) is 3.58. The molecule has 0 spiro atoms. The number of halogens is 1. The van der Waals surface area contributed by atoms with E-state index < -0.39 is 0 Å². The highest BCUT2D eigenvalue weighted by Gasteiger charge is 2.09. The van der Waals surface area contributed by atoms with Gasteiger partial charge in [0.05, 0.1) is 6.04 Å². The number of carbonyl (C=O) groups is 1. The molecule has 2 amide bonds. The number of anilines is 1. The third-order valence-corrected chi connectivity index (χ3v) is 4.00. The predicted octanol–water partition coefficient (Wildman–Crippen LogP) is 4.39. The minimum absolute atomic E-state index is 0.0143. The van der Waals surface area contributed by atoms with E-state index in [1.54, 1.807) is 11.3 Å². The van der Waals surface area contributed by atoms with Crippen LogP contribution in [0.15, 0.2) is 46.3 Å². The lowest BCUT2D eigenvalue weighted by Crippen LogP contribution is -2.30. The molecule has 0 aliphatic rings. The average molecular weight is 325 g/mol. The van der Waals surface area contributed by atoms with Crippen molar-refractivity contribution in [3.63, 3.8) is 0 Å². The Balaban J connectivity index is 1.91. The van der Waals surface area contributed by atoms with Gasteiger partial charge in [-0.05, 0) is 42.6 Å². The van der Waals surface area contributed by atoms with E-state index in [2.05, 4.69) is 26.6 Å². The number of carbonyl (C=O) groups excluding carboxylic acids is 1. The van der Waals surface area contributed by atoms with Gasteiger partial charge in [-0.1, -0.05) is 22.0 Å². The maximum absolute atomic E-state index is 11.8. The SMILES string of the molecule is CC(NC(=O)Nc1ccc(Br)cc1)c1cccs1. The van der Waals surface area contributed by atoms with Crippen molar-refractivity contribution in [2.45, 2.75) is 13.0 Å². The third-order valence-electron chi connectivity index (χ3n) is 2.42. The van der Waals surface area contributed by atoms with Gasteiger partial charge < -0.3 is 10.6 Å². The van der Waals surface area contributed by atoms with Gasteiger partial charge in [0, 0.05) is 15.0 Å². The monoisotopic (exact) mass is 324 g/mol. The Labute approximate surface area is 118 Å². The quantitative estimate of drug-likeness (QED) is 0.863. The molecule has 2 N–H and O–H groups in total. The van der Waals surface area contributed by atoms with Crippen molar-refractivity contribution in [3.8, 4) is 0 Å². The van der Waals surface area contributed by atoms with Crippen LogP contribution in [0.5, 0.6) is 0 Å². The molecule has 0 saturated heterocycles. The highest BCUT2D eigenvalue weighted by Crippen LogP contribution is 2.18. The molecule has 1 aromatic carbocycles. The molecular formula is C13H13BrN2OS. The summed E-state index contributed by atoms with van der Waals surface area (Å²) in [5, 5.41) is 7.69. The Bertz CT molecular complexity index is 510. The van der Waals surface area contributed by atoms with Crippen molar-refractivity contribution in [3.05, 3.63) is 51.1 Å². The number of thiophene rings is 1. The maximum Gasteiger partial charge on any atom is 0.319 e. The first kappa shape index (κ1) is 13.1. The first-order valence-corrected chi connectivity index (χ1v) is 7.19. The van der Waals surface area contributed by atoms with Crippen LogP contribution in [0.4, 0.5) is 10.5 Å². The lowest BCUT2D eigenvalue weighted by molar-refractivity contribution is 0.249. The van der Waals surface area contributed by atoms with E-state index in [0.29, 0.717) is 0 Å². The molecule has 5 heteroatoms. The van der Waals surface area contributed by atoms with Crippen LogP contribution in [0.2, 0.25) is 0 Å². The summed E-state index contributed by atoms with van der Waals surface area (Å²) in [7, 11) is 0. The molecule has 1 aromatic heterocycles. The fourth-order valence-corrected chi connectivity index (χ4v) is 2.50. The van der Waals surface area contributed by atoms with E-state index in [1.165, 1.54) is 0 Å². The first-order valence-electron chi connectivity index (χ1n) is 5.51. The highest BCUT2D eigenvalue weighted by atomic mass is 79.9. The normalized spacial score (nSPS) is 11.9. The molecule has 0 fully saturated rings. The smallest absolute Gasteiger partial charge is 0.319 e. The molecule has 1 unspecified atom stereocenters.